The van der Waals surface area contributed by atoms with Gasteiger partial charge in [0.05, 0.1) is 10.7 Å². The number of aromatic hydroxyl groups is 2. The zero-order chi connectivity index (χ0) is 21.2. The summed E-state index contributed by atoms with van der Waals surface area (Å²) < 4.78 is 5.47. The Morgan fingerprint density at radius 2 is 2.00 bits per heavy atom. The molecule has 2 rings (SSSR count). The summed E-state index contributed by atoms with van der Waals surface area (Å²) >= 11 is 6.29. The van der Waals surface area contributed by atoms with Crippen LogP contribution >= 0.6 is 11.6 Å². The van der Waals surface area contributed by atoms with Crippen LogP contribution in [0.1, 0.15) is 61.9 Å². The fourth-order valence-corrected chi connectivity index (χ4v) is 3.04. The zero-order valence-corrected chi connectivity index (χ0v) is 17.6. The van der Waals surface area contributed by atoms with Gasteiger partial charge in [0.1, 0.15) is 29.8 Å². The SMILES string of the molecule is CCCCO/N=C1\C=C\CC/C=C/C[C@@H](C)OC(=O)c2c(O)cc(O)c(Cl)c2C1. The number of allylic oxidation sites excluding steroid dienone is 3. The Kier molecular flexibility index (Phi) is 9.06. The number of cyclic esters (lactones) is 1. The van der Waals surface area contributed by atoms with Crippen molar-refractivity contribution in [2.24, 2.45) is 5.16 Å². The predicted molar refractivity (Wildman–Crippen MR) is 114 cm³/mol. The van der Waals surface area contributed by atoms with Gasteiger partial charge in [-0.15, -0.1) is 0 Å². The van der Waals surface area contributed by atoms with E-state index in [-0.39, 0.29) is 34.4 Å². The first-order valence-electron chi connectivity index (χ1n) is 9.88. The maximum absolute atomic E-state index is 12.7. The number of nitrogens with zero attached hydrogens (tertiary/aromatic N) is 1. The van der Waals surface area contributed by atoms with E-state index in [0.29, 0.717) is 18.7 Å². The summed E-state index contributed by atoms with van der Waals surface area (Å²) in [7, 11) is 0. The number of halogens is 1. The molecule has 1 atom stereocenters. The normalized spacial score (nSPS) is 21.7. The largest absolute Gasteiger partial charge is 0.507 e. The molecule has 0 aromatic heterocycles. The Hall–Kier alpha value is -2.47. The Balaban J connectivity index is 2.47. The molecule has 6 nitrogen and oxygen atoms in total. The average Bonchev–Trinajstić information content (AvgIpc) is 2.67. The Morgan fingerprint density at radius 3 is 2.76 bits per heavy atom. The molecule has 0 bridgehead atoms. The molecule has 1 aromatic carbocycles. The van der Waals surface area contributed by atoms with Crippen molar-refractivity contribution < 1.29 is 24.6 Å². The number of ether oxygens (including phenoxy) is 1. The first kappa shape index (κ1) is 22.8. The first-order chi connectivity index (χ1) is 13.9. The van der Waals surface area contributed by atoms with E-state index in [4.69, 9.17) is 21.2 Å². The minimum atomic E-state index is -0.701. The number of oxime groups is 1. The second-order valence-corrected chi connectivity index (χ2v) is 7.31. The van der Waals surface area contributed by atoms with E-state index < -0.39 is 11.7 Å². The maximum atomic E-state index is 12.7. The van der Waals surface area contributed by atoms with Crippen molar-refractivity contribution in [2.75, 3.05) is 6.61 Å². The quantitative estimate of drug-likeness (QED) is 0.297. The number of phenols is 2. The van der Waals surface area contributed by atoms with E-state index in [1.807, 2.05) is 18.2 Å². The topological polar surface area (TPSA) is 88.4 Å². The van der Waals surface area contributed by atoms with Crippen LogP contribution in [-0.2, 0) is 16.0 Å². The monoisotopic (exact) mass is 421 g/mol. The minimum absolute atomic E-state index is 0.0240. The summed E-state index contributed by atoms with van der Waals surface area (Å²) in [6, 6.07) is 1.04. The number of esters is 1. The third-order valence-corrected chi connectivity index (χ3v) is 4.83. The molecule has 0 radical (unpaired) electrons. The number of unbranched alkanes of at least 4 members (excludes halogenated alkanes) is 1. The smallest absolute Gasteiger partial charge is 0.342 e. The predicted octanol–water partition coefficient (Wildman–Crippen LogP) is 5.31. The number of carbonyl (C=O) groups excluding carboxylic acids is 1. The molecule has 0 saturated carbocycles. The van der Waals surface area contributed by atoms with Crippen LogP contribution in [0.5, 0.6) is 11.5 Å². The average molecular weight is 422 g/mol. The lowest BCUT2D eigenvalue weighted by Crippen LogP contribution is -2.17. The first-order valence-corrected chi connectivity index (χ1v) is 10.3. The molecule has 0 unspecified atom stereocenters. The molecule has 2 N–H and O–H groups in total. The van der Waals surface area contributed by atoms with Gasteiger partial charge in [-0.3, -0.25) is 0 Å². The van der Waals surface area contributed by atoms with Crippen molar-refractivity contribution in [2.45, 2.75) is 58.5 Å². The fourth-order valence-electron chi connectivity index (χ4n) is 2.83. The molecule has 1 aliphatic rings. The molecule has 0 fully saturated rings. The number of carbonyl (C=O) groups is 1. The van der Waals surface area contributed by atoms with Gasteiger partial charge in [0.2, 0.25) is 0 Å². The highest BCUT2D eigenvalue weighted by Crippen LogP contribution is 2.37. The van der Waals surface area contributed by atoms with Crippen molar-refractivity contribution in [3.05, 3.63) is 46.5 Å². The third kappa shape index (κ3) is 6.82. The summed E-state index contributed by atoms with van der Waals surface area (Å²) in [6.07, 6.45) is 11.6. The molecule has 29 heavy (non-hydrogen) atoms. The molecule has 1 aliphatic heterocycles. The van der Waals surface area contributed by atoms with Crippen LogP contribution in [0.3, 0.4) is 0 Å². The summed E-state index contributed by atoms with van der Waals surface area (Å²) in [5, 5.41) is 24.5. The van der Waals surface area contributed by atoms with Crippen molar-refractivity contribution in [1.29, 1.82) is 0 Å². The van der Waals surface area contributed by atoms with Crippen molar-refractivity contribution in [1.82, 2.24) is 0 Å². The number of phenolic OH excluding ortho intramolecular Hbond substituents is 2. The van der Waals surface area contributed by atoms with E-state index in [2.05, 4.69) is 12.1 Å². The van der Waals surface area contributed by atoms with E-state index >= 15 is 0 Å². The molecule has 0 saturated heterocycles. The van der Waals surface area contributed by atoms with Gasteiger partial charge in [-0.05, 0) is 37.8 Å². The number of hydrogen-bond donors (Lipinski definition) is 2. The van der Waals surface area contributed by atoms with Crippen LogP contribution in [0, 0.1) is 0 Å². The molecule has 0 aliphatic carbocycles. The van der Waals surface area contributed by atoms with Gasteiger partial charge in [0.15, 0.2) is 0 Å². The van der Waals surface area contributed by atoms with Gasteiger partial charge >= 0.3 is 5.97 Å². The Bertz CT molecular complexity index is 801. The van der Waals surface area contributed by atoms with E-state index in [9.17, 15) is 15.0 Å². The highest BCUT2D eigenvalue weighted by Gasteiger charge is 2.25. The van der Waals surface area contributed by atoms with Crippen LogP contribution in [0.25, 0.3) is 0 Å². The van der Waals surface area contributed by atoms with Crippen molar-refractivity contribution in [3.63, 3.8) is 0 Å². The van der Waals surface area contributed by atoms with Gasteiger partial charge in [-0.1, -0.05) is 48.3 Å². The number of rotatable bonds is 4. The van der Waals surface area contributed by atoms with Gasteiger partial charge in [-0.25, -0.2) is 4.79 Å². The molecule has 0 spiro atoms. The number of fused-ring (bicyclic) bond motifs is 1. The van der Waals surface area contributed by atoms with Crippen molar-refractivity contribution >= 4 is 23.3 Å². The molecule has 1 aromatic rings. The van der Waals surface area contributed by atoms with E-state index in [1.54, 1.807) is 13.0 Å². The third-order valence-electron chi connectivity index (χ3n) is 4.41. The molecule has 158 valence electrons. The molecular weight excluding hydrogens is 394 g/mol. The summed E-state index contributed by atoms with van der Waals surface area (Å²) in [4.78, 5) is 18.1. The highest BCUT2D eigenvalue weighted by molar-refractivity contribution is 6.33. The van der Waals surface area contributed by atoms with E-state index in [0.717, 1.165) is 31.7 Å². The van der Waals surface area contributed by atoms with Crippen LogP contribution in [0.15, 0.2) is 35.5 Å². The van der Waals surface area contributed by atoms with Crippen LogP contribution < -0.4 is 0 Å². The van der Waals surface area contributed by atoms with Crippen LogP contribution in [0.4, 0.5) is 0 Å². The fraction of sp³-hybridized carbons (Fsp3) is 0.455. The maximum Gasteiger partial charge on any atom is 0.342 e. The Morgan fingerprint density at radius 1 is 1.24 bits per heavy atom. The summed E-state index contributed by atoms with van der Waals surface area (Å²) in [6.45, 7) is 4.31. The lowest BCUT2D eigenvalue weighted by molar-refractivity contribution is 0.0343. The second kappa shape index (κ2) is 11.5. The van der Waals surface area contributed by atoms with Crippen molar-refractivity contribution in [3.8, 4) is 11.5 Å². The summed E-state index contributed by atoms with van der Waals surface area (Å²) in [5.41, 5.74) is 0.697. The summed E-state index contributed by atoms with van der Waals surface area (Å²) in [5.74, 6) is -1.41. The van der Waals surface area contributed by atoms with Gasteiger partial charge in [-0.2, -0.15) is 0 Å². The lowest BCUT2D eigenvalue weighted by Gasteiger charge is -2.17. The molecule has 1 heterocycles. The molecule has 0 amide bonds. The van der Waals surface area contributed by atoms with Gasteiger partial charge in [0, 0.05) is 18.9 Å². The zero-order valence-electron chi connectivity index (χ0n) is 16.9. The second-order valence-electron chi connectivity index (χ2n) is 6.93. The Labute approximate surface area is 176 Å². The van der Waals surface area contributed by atoms with Crippen LogP contribution in [0.2, 0.25) is 5.02 Å². The van der Waals surface area contributed by atoms with Gasteiger partial charge < -0.3 is 19.8 Å². The van der Waals surface area contributed by atoms with Gasteiger partial charge in [0.25, 0.3) is 0 Å². The molecule has 7 heteroatoms. The molecular formula is C22H28ClNO5. The number of benzene rings is 1. The highest BCUT2D eigenvalue weighted by atomic mass is 35.5. The van der Waals surface area contributed by atoms with Crippen LogP contribution in [-0.4, -0.2) is 34.6 Å². The lowest BCUT2D eigenvalue weighted by atomic mass is 9.99. The van der Waals surface area contributed by atoms with E-state index in [1.165, 1.54) is 0 Å². The minimum Gasteiger partial charge on any atom is -0.507 e. The number of hydrogen-bond acceptors (Lipinski definition) is 6. The standard InChI is InChI=1S/C22H28ClNO5/c1-3-4-12-28-24-16-11-9-7-5-6-8-10-15(2)29-22(27)20-17(13-16)21(23)19(26)14-18(20)25/h6,8-9,11,14-15,25-26H,3-5,7,10,12-13H2,1-2H3/b8-6+,11-9+,24-16+/t15-/m1/s1.